The van der Waals surface area contributed by atoms with Crippen LogP contribution in [0.5, 0.6) is 0 Å². The third-order valence-corrected chi connectivity index (χ3v) is 1.53. The minimum Gasteiger partial charge on any atom is -0.409 e. The second-order valence-corrected chi connectivity index (χ2v) is 2.18. The Morgan fingerprint density at radius 2 is 2.30 bits per heavy atom. The van der Waals surface area contributed by atoms with E-state index in [1.54, 1.807) is 0 Å². The molecule has 0 atom stereocenters. The fraction of sp³-hybridized carbons (Fsp3) is 0.800. The molecule has 1 aliphatic rings. The highest BCUT2D eigenvalue weighted by molar-refractivity contribution is 5.81. The lowest BCUT2D eigenvalue weighted by Gasteiger charge is -2.20. The Labute approximate surface area is 58.3 Å². The molecule has 1 saturated heterocycles. The van der Waals surface area contributed by atoms with Crippen LogP contribution >= 0.6 is 0 Å². The third-order valence-electron chi connectivity index (χ3n) is 1.53. The van der Waals surface area contributed by atoms with Gasteiger partial charge in [0.25, 0.3) is 0 Å². The monoisotopic (exact) mass is 143 g/mol. The van der Waals surface area contributed by atoms with E-state index in [2.05, 4.69) is 10.4 Å². The predicted molar refractivity (Wildman–Crippen MR) is 35.6 cm³/mol. The first-order valence-electron chi connectivity index (χ1n) is 3.20. The second-order valence-electron chi connectivity index (χ2n) is 2.18. The lowest BCUT2D eigenvalue weighted by molar-refractivity contribution is 0.287. The van der Waals surface area contributed by atoms with Crippen LogP contribution in [-0.2, 0) is 0 Å². The summed E-state index contributed by atoms with van der Waals surface area (Å²) in [6.45, 7) is 0.572. The van der Waals surface area contributed by atoms with Crippen LogP contribution in [0, 0.1) is 4.91 Å². The van der Waals surface area contributed by atoms with Crippen molar-refractivity contribution in [3.05, 3.63) is 4.91 Å². The van der Waals surface area contributed by atoms with E-state index in [1.165, 1.54) is 5.01 Å². The Kier molecular flexibility index (Phi) is 2.20. The van der Waals surface area contributed by atoms with Gasteiger partial charge in [0.2, 0.25) is 0 Å². The molecule has 0 aromatic rings. The number of oxime groups is 1. The summed E-state index contributed by atoms with van der Waals surface area (Å²) in [5, 5.41) is 15.2. The highest BCUT2D eigenvalue weighted by atomic mass is 16.4. The van der Waals surface area contributed by atoms with Crippen LogP contribution < -0.4 is 0 Å². The summed E-state index contributed by atoms with van der Waals surface area (Å²) in [6.07, 6.45) is 2.54. The van der Waals surface area contributed by atoms with E-state index >= 15 is 0 Å². The summed E-state index contributed by atoms with van der Waals surface area (Å²) in [5.41, 5.74) is 0. The minimum atomic E-state index is 0.376. The van der Waals surface area contributed by atoms with Gasteiger partial charge in [-0.1, -0.05) is 5.16 Å². The number of rotatable bonds is 1. The van der Waals surface area contributed by atoms with Gasteiger partial charge in [0.05, 0.1) is 5.29 Å². The Morgan fingerprint density at radius 3 is 2.80 bits per heavy atom. The Balaban J connectivity index is 2.59. The molecule has 1 N–H and O–H groups in total. The first-order valence-corrected chi connectivity index (χ1v) is 3.20. The fourth-order valence-electron chi connectivity index (χ4n) is 0.992. The topological polar surface area (TPSA) is 65.3 Å². The van der Waals surface area contributed by atoms with Gasteiger partial charge in [0.1, 0.15) is 0 Å². The maximum absolute atomic E-state index is 10.0. The van der Waals surface area contributed by atoms with Crippen molar-refractivity contribution in [1.82, 2.24) is 5.01 Å². The lowest BCUT2D eigenvalue weighted by Crippen LogP contribution is -2.30. The van der Waals surface area contributed by atoms with Gasteiger partial charge in [-0.05, 0) is 12.8 Å². The molecule has 5 heteroatoms. The van der Waals surface area contributed by atoms with Crippen molar-refractivity contribution in [2.75, 3.05) is 6.54 Å². The van der Waals surface area contributed by atoms with Crippen LogP contribution in [0.2, 0.25) is 0 Å². The number of nitroso groups, excluding NO2 is 1. The normalized spacial score (nSPS) is 23.2. The van der Waals surface area contributed by atoms with Gasteiger partial charge in [-0.25, -0.2) is 5.01 Å². The Bertz CT molecular complexity index is 157. The number of amidine groups is 1. The largest absolute Gasteiger partial charge is 0.409 e. The summed E-state index contributed by atoms with van der Waals surface area (Å²) >= 11 is 0. The van der Waals surface area contributed by atoms with E-state index in [9.17, 15) is 4.91 Å². The highest BCUT2D eigenvalue weighted by Gasteiger charge is 2.16. The second kappa shape index (κ2) is 3.14. The van der Waals surface area contributed by atoms with Gasteiger partial charge < -0.3 is 5.21 Å². The van der Waals surface area contributed by atoms with Crippen molar-refractivity contribution >= 4 is 5.84 Å². The number of piperidine rings is 1. The minimum absolute atomic E-state index is 0.376. The molecule has 0 saturated carbocycles. The number of nitrogens with zero attached hydrogens (tertiary/aromatic N) is 3. The lowest BCUT2D eigenvalue weighted by atomic mass is 10.1. The molecular weight excluding hydrogens is 134 g/mol. The van der Waals surface area contributed by atoms with Gasteiger partial charge in [-0.2, -0.15) is 0 Å². The van der Waals surface area contributed by atoms with Gasteiger partial charge >= 0.3 is 0 Å². The molecule has 0 spiro atoms. The average molecular weight is 143 g/mol. The maximum Gasteiger partial charge on any atom is 0.167 e. The van der Waals surface area contributed by atoms with Gasteiger partial charge in [-0.3, -0.25) is 0 Å². The van der Waals surface area contributed by atoms with E-state index in [1.807, 2.05) is 0 Å². The Morgan fingerprint density at radius 1 is 1.50 bits per heavy atom. The summed E-state index contributed by atoms with van der Waals surface area (Å²) in [6, 6.07) is 0. The van der Waals surface area contributed by atoms with Crippen molar-refractivity contribution < 1.29 is 5.21 Å². The van der Waals surface area contributed by atoms with E-state index in [-0.39, 0.29) is 0 Å². The van der Waals surface area contributed by atoms with Crippen LogP contribution in [0.3, 0.4) is 0 Å². The summed E-state index contributed by atoms with van der Waals surface area (Å²) < 4.78 is 0. The summed E-state index contributed by atoms with van der Waals surface area (Å²) in [4.78, 5) is 10.0. The highest BCUT2D eigenvalue weighted by Crippen LogP contribution is 2.11. The molecule has 1 heterocycles. The molecule has 1 fully saturated rings. The molecule has 5 nitrogen and oxygen atoms in total. The van der Waals surface area contributed by atoms with E-state index in [0.29, 0.717) is 18.8 Å². The van der Waals surface area contributed by atoms with E-state index in [4.69, 9.17) is 5.21 Å². The molecular formula is C5H9N3O2. The zero-order valence-electron chi connectivity index (χ0n) is 5.53. The SMILES string of the molecule is O=NN1CCCCC1=NO. The fourth-order valence-corrected chi connectivity index (χ4v) is 0.992. The van der Waals surface area contributed by atoms with Gasteiger partial charge in [0.15, 0.2) is 5.84 Å². The standard InChI is InChI=1S/C5H9N3O2/c9-6-5-3-1-2-4-8(5)7-10/h9H,1-4H2. The zero-order chi connectivity index (χ0) is 7.40. The molecule has 56 valence electrons. The molecule has 1 rings (SSSR count). The molecule has 0 aromatic heterocycles. The molecule has 0 amide bonds. The Hall–Kier alpha value is -1.13. The quantitative estimate of drug-likeness (QED) is 0.337. The van der Waals surface area contributed by atoms with Crippen LogP contribution in [0.4, 0.5) is 0 Å². The van der Waals surface area contributed by atoms with Crippen LogP contribution in [-0.4, -0.2) is 22.6 Å². The van der Waals surface area contributed by atoms with Crippen molar-refractivity contribution in [1.29, 1.82) is 0 Å². The summed E-state index contributed by atoms with van der Waals surface area (Å²) in [7, 11) is 0. The van der Waals surface area contributed by atoms with E-state index < -0.39 is 0 Å². The van der Waals surface area contributed by atoms with Crippen molar-refractivity contribution in [3.8, 4) is 0 Å². The van der Waals surface area contributed by atoms with Crippen molar-refractivity contribution in [2.45, 2.75) is 19.3 Å². The van der Waals surface area contributed by atoms with Gasteiger partial charge in [0, 0.05) is 13.0 Å². The number of hydrogen-bond acceptors (Lipinski definition) is 4. The average Bonchev–Trinajstić information content (AvgIpc) is 2.04. The summed E-state index contributed by atoms with van der Waals surface area (Å²) in [5.74, 6) is 0.376. The van der Waals surface area contributed by atoms with Crippen LogP contribution in [0.25, 0.3) is 0 Å². The smallest absolute Gasteiger partial charge is 0.167 e. The molecule has 0 bridgehead atoms. The molecule has 1 aliphatic heterocycles. The molecule has 0 radical (unpaired) electrons. The molecule has 0 aromatic carbocycles. The molecule has 0 aliphatic carbocycles. The van der Waals surface area contributed by atoms with Crippen molar-refractivity contribution in [2.24, 2.45) is 10.4 Å². The first kappa shape index (κ1) is 6.98. The zero-order valence-corrected chi connectivity index (χ0v) is 5.53. The third kappa shape index (κ3) is 1.23. The predicted octanol–water partition coefficient (Wildman–Crippen LogP) is 0.941. The van der Waals surface area contributed by atoms with E-state index in [0.717, 1.165) is 12.8 Å². The van der Waals surface area contributed by atoms with Gasteiger partial charge in [-0.15, -0.1) is 4.91 Å². The first-order chi connectivity index (χ1) is 4.88. The van der Waals surface area contributed by atoms with Crippen LogP contribution in [0.1, 0.15) is 19.3 Å². The molecule has 10 heavy (non-hydrogen) atoms. The number of hydrogen-bond donors (Lipinski definition) is 1. The van der Waals surface area contributed by atoms with Crippen LogP contribution in [0.15, 0.2) is 10.4 Å². The maximum atomic E-state index is 10.0. The molecule has 0 unspecified atom stereocenters. The van der Waals surface area contributed by atoms with Crippen molar-refractivity contribution in [3.63, 3.8) is 0 Å².